The first-order valence-electron chi connectivity index (χ1n) is 7.42. The molecular formula is C20H18. The molecule has 0 fully saturated rings. The van der Waals surface area contributed by atoms with E-state index in [0.29, 0.717) is 11.8 Å². The van der Waals surface area contributed by atoms with Crippen LogP contribution in [0.3, 0.4) is 0 Å². The first-order valence-corrected chi connectivity index (χ1v) is 7.42. The molecule has 2 aromatic rings. The van der Waals surface area contributed by atoms with Gasteiger partial charge in [0, 0.05) is 0 Å². The zero-order chi connectivity index (χ0) is 13.4. The van der Waals surface area contributed by atoms with E-state index in [1.165, 1.54) is 35.1 Å². The molecule has 0 nitrogen and oxygen atoms in total. The van der Waals surface area contributed by atoms with E-state index in [0.717, 1.165) is 0 Å². The van der Waals surface area contributed by atoms with Crippen molar-refractivity contribution in [1.29, 1.82) is 0 Å². The highest BCUT2D eigenvalue weighted by Gasteiger charge is 2.32. The van der Waals surface area contributed by atoms with Crippen LogP contribution < -0.4 is 0 Å². The summed E-state index contributed by atoms with van der Waals surface area (Å²) in [6, 6.07) is 21.6. The molecule has 0 saturated carbocycles. The van der Waals surface area contributed by atoms with Gasteiger partial charge in [-0.2, -0.15) is 0 Å². The molecule has 0 aliphatic heterocycles. The number of rotatable bonds is 2. The quantitative estimate of drug-likeness (QED) is 0.695. The van der Waals surface area contributed by atoms with Crippen LogP contribution in [0, 0.1) is 11.8 Å². The summed E-state index contributed by atoms with van der Waals surface area (Å²) >= 11 is 0. The Morgan fingerprint density at radius 3 is 1.35 bits per heavy atom. The predicted octanol–water partition coefficient (Wildman–Crippen LogP) is 5.19. The first kappa shape index (κ1) is 11.7. The number of hydrogen-bond donors (Lipinski definition) is 0. The minimum absolute atomic E-state index is 0.709. The van der Waals surface area contributed by atoms with Gasteiger partial charge in [0.25, 0.3) is 0 Å². The first-order chi connectivity index (χ1) is 9.90. The average molecular weight is 258 g/mol. The van der Waals surface area contributed by atoms with Crippen molar-refractivity contribution in [2.75, 3.05) is 0 Å². The Labute approximate surface area is 120 Å². The predicted molar refractivity (Wildman–Crippen MR) is 85.1 cm³/mol. The minimum atomic E-state index is 0.709. The van der Waals surface area contributed by atoms with Gasteiger partial charge in [0.15, 0.2) is 0 Å². The normalized spacial score (nSPS) is 24.2. The third-order valence-electron chi connectivity index (χ3n) is 4.58. The standard InChI is InChI=1S/C20H18/c1-3-7-15(8-4-1)17-11-19-13-18(14-20(19)12-17)16-9-5-2-6-10-16/h1-11,14,19-20H,12-13H2. The Balaban J connectivity index is 1.56. The molecule has 0 amide bonds. The van der Waals surface area contributed by atoms with E-state index in [4.69, 9.17) is 0 Å². The molecule has 2 atom stereocenters. The van der Waals surface area contributed by atoms with Crippen molar-refractivity contribution < 1.29 is 0 Å². The molecule has 2 aliphatic carbocycles. The molecule has 0 heterocycles. The summed E-state index contributed by atoms with van der Waals surface area (Å²) in [6.45, 7) is 0. The van der Waals surface area contributed by atoms with Crippen molar-refractivity contribution in [2.45, 2.75) is 12.8 Å². The van der Waals surface area contributed by atoms with Gasteiger partial charge in [0.1, 0.15) is 0 Å². The number of benzene rings is 2. The lowest BCUT2D eigenvalue weighted by molar-refractivity contribution is 0.555. The van der Waals surface area contributed by atoms with Crippen LogP contribution in [0.25, 0.3) is 11.1 Å². The fraction of sp³-hybridized carbons (Fsp3) is 0.200. The maximum Gasteiger partial charge on any atom is -0.0120 e. The van der Waals surface area contributed by atoms with E-state index < -0.39 is 0 Å². The van der Waals surface area contributed by atoms with Gasteiger partial charge in [-0.25, -0.2) is 0 Å². The van der Waals surface area contributed by atoms with Crippen LogP contribution in [0.1, 0.15) is 24.0 Å². The molecule has 0 spiro atoms. The lowest BCUT2D eigenvalue weighted by Gasteiger charge is -2.05. The van der Waals surface area contributed by atoms with E-state index in [2.05, 4.69) is 72.8 Å². The zero-order valence-electron chi connectivity index (χ0n) is 11.5. The number of fused-ring (bicyclic) bond motifs is 1. The molecule has 2 unspecified atom stereocenters. The minimum Gasteiger partial charge on any atom is -0.0767 e. The van der Waals surface area contributed by atoms with Crippen molar-refractivity contribution in [3.05, 3.63) is 83.9 Å². The summed E-state index contributed by atoms with van der Waals surface area (Å²) in [5.74, 6) is 1.42. The van der Waals surface area contributed by atoms with Gasteiger partial charge in [-0.1, -0.05) is 72.8 Å². The second-order valence-corrected chi connectivity index (χ2v) is 5.85. The highest BCUT2D eigenvalue weighted by molar-refractivity contribution is 5.74. The molecule has 0 bridgehead atoms. The molecule has 2 aliphatic rings. The van der Waals surface area contributed by atoms with Crippen LogP contribution in [0.15, 0.2) is 72.8 Å². The van der Waals surface area contributed by atoms with E-state index in [1.54, 1.807) is 0 Å². The SMILES string of the molecule is C1=C(c2ccccc2)CC2C=C(c3ccccc3)CC12. The maximum absolute atomic E-state index is 2.51. The van der Waals surface area contributed by atoms with Gasteiger partial charge in [-0.05, 0) is 47.0 Å². The molecule has 0 heteroatoms. The third-order valence-corrected chi connectivity index (χ3v) is 4.58. The summed E-state index contributed by atoms with van der Waals surface area (Å²) in [5.41, 5.74) is 5.86. The molecule has 2 aromatic carbocycles. The van der Waals surface area contributed by atoms with Gasteiger partial charge in [-0.3, -0.25) is 0 Å². The van der Waals surface area contributed by atoms with Gasteiger partial charge < -0.3 is 0 Å². The van der Waals surface area contributed by atoms with Gasteiger partial charge >= 0.3 is 0 Å². The van der Waals surface area contributed by atoms with Crippen molar-refractivity contribution in [3.63, 3.8) is 0 Å². The monoisotopic (exact) mass is 258 g/mol. The van der Waals surface area contributed by atoms with Crippen molar-refractivity contribution >= 4 is 11.1 Å². The lowest BCUT2D eigenvalue weighted by Crippen LogP contribution is -1.97. The van der Waals surface area contributed by atoms with Gasteiger partial charge in [-0.15, -0.1) is 0 Å². The van der Waals surface area contributed by atoms with E-state index in [-0.39, 0.29) is 0 Å². The van der Waals surface area contributed by atoms with Gasteiger partial charge in [0.2, 0.25) is 0 Å². The Morgan fingerprint density at radius 2 is 0.950 bits per heavy atom. The molecule has 4 rings (SSSR count). The van der Waals surface area contributed by atoms with Gasteiger partial charge in [0.05, 0.1) is 0 Å². The molecule has 20 heavy (non-hydrogen) atoms. The number of hydrogen-bond acceptors (Lipinski definition) is 0. The molecule has 98 valence electrons. The fourth-order valence-corrected chi connectivity index (χ4v) is 3.56. The van der Waals surface area contributed by atoms with Crippen molar-refractivity contribution in [3.8, 4) is 0 Å². The van der Waals surface area contributed by atoms with E-state index >= 15 is 0 Å². The number of allylic oxidation sites excluding steroid dienone is 4. The largest absolute Gasteiger partial charge is 0.0767 e. The second kappa shape index (κ2) is 4.79. The molecular weight excluding hydrogens is 240 g/mol. The summed E-state index contributed by atoms with van der Waals surface area (Å²) in [6.07, 6.45) is 7.41. The molecule has 0 aromatic heterocycles. The van der Waals surface area contributed by atoms with E-state index in [9.17, 15) is 0 Å². The van der Waals surface area contributed by atoms with Crippen LogP contribution in [-0.2, 0) is 0 Å². The highest BCUT2D eigenvalue weighted by Crippen LogP contribution is 2.47. The van der Waals surface area contributed by atoms with Crippen LogP contribution in [0.5, 0.6) is 0 Å². The highest BCUT2D eigenvalue weighted by atomic mass is 14.4. The van der Waals surface area contributed by atoms with Crippen LogP contribution in [0.2, 0.25) is 0 Å². The van der Waals surface area contributed by atoms with E-state index in [1.807, 2.05) is 0 Å². The summed E-state index contributed by atoms with van der Waals surface area (Å²) < 4.78 is 0. The van der Waals surface area contributed by atoms with Crippen molar-refractivity contribution in [2.24, 2.45) is 11.8 Å². The fourth-order valence-electron chi connectivity index (χ4n) is 3.56. The lowest BCUT2D eigenvalue weighted by atomic mass is 9.98. The third kappa shape index (κ3) is 2.02. The Hall–Kier alpha value is -2.08. The van der Waals surface area contributed by atoms with Crippen LogP contribution in [0.4, 0.5) is 0 Å². The molecule has 0 N–H and O–H groups in total. The maximum atomic E-state index is 2.51. The van der Waals surface area contributed by atoms with Crippen LogP contribution in [-0.4, -0.2) is 0 Å². The smallest absolute Gasteiger partial charge is 0.0120 e. The summed E-state index contributed by atoms with van der Waals surface area (Å²) in [7, 11) is 0. The van der Waals surface area contributed by atoms with Crippen molar-refractivity contribution in [1.82, 2.24) is 0 Å². The molecule has 0 radical (unpaired) electrons. The van der Waals surface area contributed by atoms with Crippen LogP contribution >= 0.6 is 0 Å². The Morgan fingerprint density at radius 1 is 0.550 bits per heavy atom. The zero-order valence-corrected chi connectivity index (χ0v) is 11.5. The summed E-state index contributed by atoms with van der Waals surface area (Å²) in [5, 5.41) is 0. The topological polar surface area (TPSA) is 0 Å². The Bertz CT molecular complexity index is 600. The molecule has 0 saturated heterocycles. The Kier molecular flexibility index (Phi) is 2.81. The second-order valence-electron chi connectivity index (χ2n) is 5.85. The summed E-state index contributed by atoms with van der Waals surface area (Å²) in [4.78, 5) is 0. The average Bonchev–Trinajstić information content (AvgIpc) is 3.08.